The van der Waals surface area contributed by atoms with E-state index in [4.69, 9.17) is 11.5 Å². The zero-order valence-electron chi connectivity index (χ0n) is 11.2. The summed E-state index contributed by atoms with van der Waals surface area (Å²) < 4.78 is 0. The third kappa shape index (κ3) is 4.60. The van der Waals surface area contributed by atoms with Gasteiger partial charge in [0.25, 0.3) is 5.91 Å². The van der Waals surface area contributed by atoms with E-state index in [-0.39, 0.29) is 18.7 Å². The molecule has 1 unspecified atom stereocenters. The van der Waals surface area contributed by atoms with Gasteiger partial charge in [0, 0.05) is 24.7 Å². The number of primary amides is 1. The molecular formula is C13H18N4O3. The van der Waals surface area contributed by atoms with Crippen molar-refractivity contribution in [1.29, 1.82) is 0 Å². The summed E-state index contributed by atoms with van der Waals surface area (Å²) >= 11 is 0. The molecule has 0 saturated carbocycles. The molecule has 1 aromatic carbocycles. The average molecular weight is 278 g/mol. The van der Waals surface area contributed by atoms with Crippen molar-refractivity contribution in [3.63, 3.8) is 0 Å². The van der Waals surface area contributed by atoms with E-state index >= 15 is 0 Å². The first-order valence-corrected chi connectivity index (χ1v) is 6.10. The van der Waals surface area contributed by atoms with Gasteiger partial charge in [-0.2, -0.15) is 0 Å². The first kappa shape index (κ1) is 15.5. The monoisotopic (exact) mass is 278 g/mol. The molecular weight excluding hydrogens is 260 g/mol. The zero-order valence-corrected chi connectivity index (χ0v) is 11.2. The van der Waals surface area contributed by atoms with Gasteiger partial charge in [-0.15, -0.1) is 0 Å². The molecule has 0 bridgehead atoms. The molecule has 3 amide bonds. The molecule has 0 aliphatic heterocycles. The van der Waals surface area contributed by atoms with Crippen molar-refractivity contribution < 1.29 is 14.4 Å². The molecule has 20 heavy (non-hydrogen) atoms. The Morgan fingerprint density at radius 1 is 1.30 bits per heavy atom. The van der Waals surface area contributed by atoms with E-state index in [0.717, 1.165) is 0 Å². The Morgan fingerprint density at radius 2 is 2.00 bits per heavy atom. The number of hydrogen-bond donors (Lipinski definition) is 4. The number of carbonyl (C=O) groups excluding carboxylic acids is 3. The van der Waals surface area contributed by atoms with Crippen LogP contribution in [0.2, 0.25) is 0 Å². The van der Waals surface area contributed by atoms with Gasteiger partial charge < -0.3 is 22.1 Å². The molecule has 0 radical (unpaired) electrons. The zero-order chi connectivity index (χ0) is 15.1. The number of nitrogens with one attached hydrogen (secondary N) is 2. The molecule has 1 rings (SSSR count). The number of anilines is 1. The van der Waals surface area contributed by atoms with Crippen LogP contribution in [0.1, 0.15) is 23.2 Å². The van der Waals surface area contributed by atoms with E-state index in [9.17, 15) is 14.4 Å². The lowest BCUT2D eigenvalue weighted by Gasteiger charge is -2.16. The van der Waals surface area contributed by atoms with Gasteiger partial charge in [-0.05, 0) is 24.6 Å². The van der Waals surface area contributed by atoms with Crippen LogP contribution in [0.15, 0.2) is 24.3 Å². The molecule has 1 atom stereocenters. The van der Waals surface area contributed by atoms with Crippen LogP contribution in [-0.2, 0) is 9.59 Å². The smallest absolute Gasteiger partial charge is 0.252 e. The summed E-state index contributed by atoms with van der Waals surface area (Å²) in [6.07, 6.45) is 0.151. The van der Waals surface area contributed by atoms with Crippen molar-refractivity contribution in [3.8, 4) is 0 Å². The van der Waals surface area contributed by atoms with Gasteiger partial charge in [0.05, 0.1) is 0 Å². The van der Waals surface area contributed by atoms with E-state index < -0.39 is 17.9 Å². The second-order valence-corrected chi connectivity index (χ2v) is 4.27. The summed E-state index contributed by atoms with van der Waals surface area (Å²) in [6, 6.07) is 5.56. The van der Waals surface area contributed by atoms with Crippen molar-refractivity contribution in [1.82, 2.24) is 10.6 Å². The van der Waals surface area contributed by atoms with Crippen molar-refractivity contribution in [2.75, 3.05) is 12.8 Å². The van der Waals surface area contributed by atoms with Crippen LogP contribution in [0, 0.1) is 0 Å². The van der Waals surface area contributed by atoms with Crippen LogP contribution in [0.4, 0.5) is 5.69 Å². The predicted molar refractivity (Wildman–Crippen MR) is 74.6 cm³/mol. The third-order valence-electron chi connectivity index (χ3n) is 2.70. The topological polar surface area (TPSA) is 127 Å². The average Bonchev–Trinajstić information content (AvgIpc) is 2.42. The molecule has 0 aromatic heterocycles. The van der Waals surface area contributed by atoms with Crippen molar-refractivity contribution in [2.24, 2.45) is 5.73 Å². The number of hydrogen-bond acceptors (Lipinski definition) is 4. The Morgan fingerprint density at radius 3 is 2.55 bits per heavy atom. The van der Waals surface area contributed by atoms with Crippen LogP contribution >= 0.6 is 0 Å². The van der Waals surface area contributed by atoms with E-state index in [1.54, 1.807) is 18.2 Å². The molecule has 1 aromatic rings. The highest BCUT2D eigenvalue weighted by molar-refractivity contribution is 5.98. The molecule has 108 valence electrons. The summed E-state index contributed by atoms with van der Waals surface area (Å²) in [7, 11) is 1.45. The lowest BCUT2D eigenvalue weighted by molar-refractivity contribution is -0.123. The largest absolute Gasteiger partial charge is 0.399 e. The van der Waals surface area contributed by atoms with Crippen LogP contribution < -0.4 is 22.1 Å². The predicted octanol–water partition coefficient (Wildman–Crippen LogP) is -0.621. The van der Waals surface area contributed by atoms with Gasteiger partial charge in [-0.3, -0.25) is 14.4 Å². The molecule has 7 nitrogen and oxygen atoms in total. The van der Waals surface area contributed by atoms with Crippen molar-refractivity contribution >= 4 is 23.4 Å². The van der Waals surface area contributed by atoms with Crippen molar-refractivity contribution in [3.05, 3.63) is 29.8 Å². The lowest BCUT2D eigenvalue weighted by atomic mass is 10.1. The molecule has 7 heteroatoms. The molecule has 0 spiro atoms. The Balaban J connectivity index is 2.75. The van der Waals surface area contributed by atoms with Gasteiger partial charge in [0.15, 0.2) is 0 Å². The molecule has 0 aliphatic rings. The summed E-state index contributed by atoms with van der Waals surface area (Å²) in [5.74, 6) is -1.35. The van der Waals surface area contributed by atoms with E-state index in [1.807, 2.05) is 0 Å². The maximum atomic E-state index is 12.0. The number of amides is 3. The molecule has 6 N–H and O–H groups in total. The van der Waals surface area contributed by atoms with Crippen LogP contribution in [0.3, 0.4) is 0 Å². The molecule has 0 aliphatic carbocycles. The maximum Gasteiger partial charge on any atom is 0.252 e. The minimum Gasteiger partial charge on any atom is -0.399 e. The lowest BCUT2D eigenvalue weighted by Crippen LogP contribution is -2.46. The van der Waals surface area contributed by atoms with Crippen LogP contribution in [-0.4, -0.2) is 30.8 Å². The normalized spacial score (nSPS) is 11.4. The number of nitrogens with two attached hydrogens (primary N) is 2. The van der Waals surface area contributed by atoms with Gasteiger partial charge in [0.2, 0.25) is 11.8 Å². The third-order valence-corrected chi connectivity index (χ3v) is 2.70. The van der Waals surface area contributed by atoms with Crippen molar-refractivity contribution in [2.45, 2.75) is 18.9 Å². The number of likely N-dealkylation sites (N-methyl/N-ethyl adjacent to an activating group) is 1. The molecule has 0 heterocycles. The van der Waals surface area contributed by atoms with Gasteiger partial charge in [0.1, 0.15) is 6.04 Å². The number of carbonyl (C=O) groups is 3. The summed E-state index contributed by atoms with van der Waals surface area (Å²) in [6.45, 7) is 0. The van der Waals surface area contributed by atoms with Crippen LogP contribution in [0.5, 0.6) is 0 Å². The standard InChI is InChI=1S/C13H18N4O3/c1-16-13(20)10(5-6-11(15)18)17-12(19)8-3-2-4-9(14)7-8/h2-4,7,10H,5-6,14H2,1H3,(H2,15,18)(H,16,20)(H,17,19). The number of rotatable bonds is 6. The second-order valence-electron chi connectivity index (χ2n) is 4.27. The Labute approximate surface area is 116 Å². The van der Waals surface area contributed by atoms with E-state index in [0.29, 0.717) is 11.3 Å². The van der Waals surface area contributed by atoms with Gasteiger partial charge in [-0.25, -0.2) is 0 Å². The highest BCUT2D eigenvalue weighted by Gasteiger charge is 2.20. The Kier molecular flexibility index (Phi) is 5.52. The fourth-order valence-electron chi connectivity index (χ4n) is 1.65. The molecule has 0 fully saturated rings. The quantitative estimate of drug-likeness (QED) is 0.517. The summed E-state index contributed by atoms with van der Waals surface area (Å²) in [4.78, 5) is 34.4. The maximum absolute atomic E-state index is 12.0. The Hall–Kier alpha value is -2.57. The second kappa shape index (κ2) is 7.13. The minimum atomic E-state index is -0.818. The van der Waals surface area contributed by atoms with E-state index in [1.165, 1.54) is 13.1 Å². The first-order valence-electron chi connectivity index (χ1n) is 6.10. The number of nitrogen functional groups attached to an aromatic ring is 1. The van der Waals surface area contributed by atoms with Gasteiger partial charge in [-0.1, -0.05) is 6.07 Å². The SMILES string of the molecule is CNC(=O)C(CCC(N)=O)NC(=O)c1cccc(N)c1. The minimum absolute atomic E-state index is 0.00922. The van der Waals surface area contributed by atoms with Gasteiger partial charge >= 0.3 is 0 Å². The highest BCUT2D eigenvalue weighted by atomic mass is 16.2. The summed E-state index contributed by atoms with van der Waals surface area (Å²) in [5, 5.41) is 4.98. The Bertz CT molecular complexity index is 516. The fraction of sp³-hybridized carbons (Fsp3) is 0.308. The first-order chi connectivity index (χ1) is 9.43. The fourth-order valence-corrected chi connectivity index (χ4v) is 1.65. The van der Waals surface area contributed by atoms with E-state index in [2.05, 4.69) is 10.6 Å². The summed E-state index contributed by atoms with van der Waals surface area (Å²) in [5.41, 5.74) is 11.4. The highest BCUT2D eigenvalue weighted by Crippen LogP contribution is 2.07. The number of benzene rings is 1. The molecule has 0 saturated heterocycles. The van der Waals surface area contributed by atoms with Crippen LogP contribution in [0.25, 0.3) is 0 Å².